The van der Waals surface area contributed by atoms with Gasteiger partial charge in [-0.05, 0) is 26.7 Å². The van der Waals surface area contributed by atoms with Gasteiger partial charge in [-0.3, -0.25) is 4.57 Å². The van der Waals surface area contributed by atoms with E-state index in [9.17, 15) is 0 Å². The Morgan fingerprint density at radius 1 is 1.25 bits per heavy atom. The summed E-state index contributed by atoms with van der Waals surface area (Å²) in [5.74, 6) is 2.63. The fraction of sp³-hybridized carbons (Fsp3) is 0.632. The summed E-state index contributed by atoms with van der Waals surface area (Å²) in [7, 11) is 0. The molecule has 0 saturated carbocycles. The van der Waals surface area contributed by atoms with Gasteiger partial charge in [-0.25, -0.2) is 15.0 Å². The predicted molar refractivity (Wildman–Crippen MR) is 99.4 cm³/mol. The molecule has 5 heterocycles. The van der Waals surface area contributed by atoms with E-state index in [-0.39, 0.29) is 18.2 Å². The third kappa shape index (κ3) is 2.93. The maximum Gasteiger partial charge on any atom is 0.167 e. The molecule has 3 aliphatic heterocycles. The molecule has 0 bridgehead atoms. The predicted octanol–water partition coefficient (Wildman–Crippen LogP) is 1.47. The standard InChI is InChI=1S/C19H23N5O4/c1-4-12-14-15(28-19(2,3)27-14)18(26-12)24-10-22-13-16(20-9-21-17(13)24)23-11-6-5-7-25-8-11/h1,9-12,14-15,18H,5-8H2,2-3H3,(H,20,21,23)/t11?,12-,14-,15+,18-/m1/s1. The van der Waals surface area contributed by atoms with E-state index in [1.54, 1.807) is 6.33 Å². The second kappa shape index (κ2) is 6.67. The molecule has 1 unspecified atom stereocenters. The Morgan fingerprint density at radius 3 is 2.89 bits per heavy atom. The van der Waals surface area contributed by atoms with Gasteiger partial charge < -0.3 is 24.3 Å². The van der Waals surface area contributed by atoms with Crippen molar-refractivity contribution in [2.75, 3.05) is 18.5 Å². The third-order valence-electron chi connectivity index (χ3n) is 5.33. The average Bonchev–Trinajstić information content (AvgIpc) is 3.33. The van der Waals surface area contributed by atoms with Gasteiger partial charge in [0.05, 0.1) is 19.0 Å². The first kappa shape index (κ1) is 17.8. The van der Waals surface area contributed by atoms with Crippen LogP contribution in [0.3, 0.4) is 0 Å². The summed E-state index contributed by atoms with van der Waals surface area (Å²) in [6.07, 6.45) is 9.29. The zero-order valence-electron chi connectivity index (χ0n) is 15.9. The lowest BCUT2D eigenvalue weighted by atomic mass is 10.1. The van der Waals surface area contributed by atoms with Crippen LogP contribution in [0.1, 0.15) is 32.9 Å². The molecule has 28 heavy (non-hydrogen) atoms. The number of hydrogen-bond acceptors (Lipinski definition) is 8. The van der Waals surface area contributed by atoms with Crippen molar-refractivity contribution in [2.24, 2.45) is 0 Å². The second-order valence-corrected chi connectivity index (χ2v) is 7.78. The van der Waals surface area contributed by atoms with Crippen LogP contribution in [0.25, 0.3) is 11.2 Å². The molecule has 0 aromatic carbocycles. The smallest absolute Gasteiger partial charge is 0.167 e. The molecule has 2 aromatic heterocycles. The van der Waals surface area contributed by atoms with E-state index < -0.39 is 18.1 Å². The lowest BCUT2D eigenvalue weighted by molar-refractivity contribution is -0.190. The van der Waals surface area contributed by atoms with Crippen molar-refractivity contribution in [3.63, 3.8) is 0 Å². The molecule has 9 nitrogen and oxygen atoms in total. The topological polar surface area (TPSA) is 92.6 Å². The van der Waals surface area contributed by atoms with Crippen LogP contribution in [0.2, 0.25) is 0 Å². The first-order valence-electron chi connectivity index (χ1n) is 9.55. The molecular formula is C19H23N5O4. The molecule has 5 atom stereocenters. The van der Waals surface area contributed by atoms with E-state index in [2.05, 4.69) is 26.2 Å². The van der Waals surface area contributed by atoms with E-state index in [4.69, 9.17) is 25.4 Å². The summed E-state index contributed by atoms with van der Waals surface area (Å²) in [4.78, 5) is 13.3. The molecule has 5 rings (SSSR count). The maximum atomic E-state index is 6.07. The highest BCUT2D eigenvalue weighted by atomic mass is 16.8. The molecule has 3 saturated heterocycles. The van der Waals surface area contributed by atoms with Crippen LogP contribution >= 0.6 is 0 Å². The monoisotopic (exact) mass is 385 g/mol. The van der Waals surface area contributed by atoms with Gasteiger partial charge in [0.15, 0.2) is 29.0 Å². The van der Waals surface area contributed by atoms with Gasteiger partial charge in [-0.15, -0.1) is 6.42 Å². The first-order valence-corrected chi connectivity index (χ1v) is 9.55. The lowest BCUT2D eigenvalue weighted by Gasteiger charge is -2.24. The molecule has 1 N–H and O–H groups in total. The summed E-state index contributed by atoms with van der Waals surface area (Å²) < 4.78 is 25.5. The fourth-order valence-electron chi connectivity index (χ4n) is 4.13. The number of hydrogen-bond donors (Lipinski definition) is 1. The number of terminal acetylenes is 1. The number of nitrogens with zero attached hydrogens (tertiary/aromatic N) is 4. The number of fused-ring (bicyclic) bond motifs is 2. The summed E-state index contributed by atoms with van der Waals surface area (Å²) in [5.41, 5.74) is 1.33. The zero-order valence-corrected chi connectivity index (χ0v) is 15.9. The molecule has 3 fully saturated rings. The van der Waals surface area contributed by atoms with E-state index in [0.29, 0.717) is 23.6 Å². The quantitative estimate of drug-likeness (QED) is 0.794. The Kier molecular flexibility index (Phi) is 4.25. The zero-order chi connectivity index (χ0) is 19.3. The van der Waals surface area contributed by atoms with Crippen LogP contribution in [-0.2, 0) is 18.9 Å². The number of ether oxygens (including phenoxy) is 4. The number of aromatic nitrogens is 4. The number of rotatable bonds is 3. The molecule has 0 amide bonds. The molecule has 9 heteroatoms. The first-order chi connectivity index (χ1) is 13.6. The molecular weight excluding hydrogens is 362 g/mol. The van der Waals surface area contributed by atoms with Gasteiger partial charge >= 0.3 is 0 Å². The maximum absolute atomic E-state index is 6.07. The number of imidazole rings is 1. The van der Waals surface area contributed by atoms with Crippen molar-refractivity contribution in [2.45, 2.75) is 63.1 Å². The molecule has 3 aliphatic rings. The highest BCUT2D eigenvalue weighted by molar-refractivity contribution is 5.82. The summed E-state index contributed by atoms with van der Waals surface area (Å²) >= 11 is 0. The van der Waals surface area contributed by atoms with Crippen LogP contribution < -0.4 is 5.32 Å². The molecule has 2 aromatic rings. The minimum Gasteiger partial charge on any atom is -0.379 e. The van der Waals surface area contributed by atoms with Crippen LogP contribution in [-0.4, -0.2) is 62.9 Å². The SMILES string of the molecule is C#C[C@H]1O[C@@H](n2cnc3c(NC4CCCOC4)ncnc32)[C@H]2OC(C)(C)O[C@@H]21. The summed E-state index contributed by atoms with van der Waals surface area (Å²) in [5, 5.41) is 3.43. The van der Waals surface area contributed by atoms with E-state index in [1.807, 2.05) is 18.4 Å². The van der Waals surface area contributed by atoms with Crippen LogP contribution in [0, 0.1) is 12.3 Å². The van der Waals surface area contributed by atoms with Crippen molar-refractivity contribution in [3.8, 4) is 12.3 Å². The van der Waals surface area contributed by atoms with Gasteiger partial charge in [0.2, 0.25) is 0 Å². The Bertz CT molecular complexity index is 917. The molecule has 0 spiro atoms. The van der Waals surface area contributed by atoms with Crippen LogP contribution in [0.15, 0.2) is 12.7 Å². The van der Waals surface area contributed by atoms with Crippen molar-refractivity contribution < 1.29 is 18.9 Å². The lowest BCUT2D eigenvalue weighted by Crippen LogP contribution is -2.30. The molecule has 0 radical (unpaired) electrons. The highest BCUT2D eigenvalue weighted by Gasteiger charge is 2.55. The van der Waals surface area contributed by atoms with Gasteiger partial charge in [0.1, 0.15) is 24.6 Å². The van der Waals surface area contributed by atoms with Gasteiger partial charge in [0.25, 0.3) is 0 Å². The molecule has 0 aliphatic carbocycles. The summed E-state index contributed by atoms with van der Waals surface area (Å²) in [6.45, 7) is 5.21. The Labute approximate surface area is 162 Å². The van der Waals surface area contributed by atoms with E-state index in [0.717, 1.165) is 19.4 Å². The highest BCUT2D eigenvalue weighted by Crippen LogP contribution is 2.43. The Hall–Kier alpha value is -2.25. The van der Waals surface area contributed by atoms with Crippen molar-refractivity contribution in [1.82, 2.24) is 19.5 Å². The Balaban J connectivity index is 1.47. The number of anilines is 1. The van der Waals surface area contributed by atoms with Gasteiger partial charge in [-0.2, -0.15) is 0 Å². The molecule has 148 valence electrons. The van der Waals surface area contributed by atoms with E-state index in [1.165, 1.54) is 6.33 Å². The van der Waals surface area contributed by atoms with Gasteiger partial charge in [-0.1, -0.05) is 5.92 Å². The number of nitrogens with one attached hydrogen (secondary N) is 1. The average molecular weight is 385 g/mol. The minimum absolute atomic E-state index is 0.210. The third-order valence-corrected chi connectivity index (χ3v) is 5.33. The summed E-state index contributed by atoms with van der Waals surface area (Å²) in [6, 6.07) is 0.210. The van der Waals surface area contributed by atoms with Crippen molar-refractivity contribution in [3.05, 3.63) is 12.7 Å². The van der Waals surface area contributed by atoms with Crippen LogP contribution in [0.4, 0.5) is 5.82 Å². The van der Waals surface area contributed by atoms with Crippen molar-refractivity contribution in [1.29, 1.82) is 0 Å². The van der Waals surface area contributed by atoms with Crippen LogP contribution in [0.5, 0.6) is 0 Å². The van der Waals surface area contributed by atoms with Crippen molar-refractivity contribution >= 4 is 17.0 Å². The second-order valence-electron chi connectivity index (χ2n) is 7.78. The normalized spacial score (nSPS) is 34.2. The van der Waals surface area contributed by atoms with E-state index >= 15 is 0 Å². The van der Waals surface area contributed by atoms with Gasteiger partial charge in [0, 0.05) is 6.61 Å². The minimum atomic E-state index is -0.717. The Morgan fingerprint density at radius 2 is 2.11 bits per heavy atom. The fourth-order valence-corrected chi connectivity index (χ4v) is 4.13. The largest absolute Gasteiger partial charge is 0.379 e.